The van der Waals surface area contributed by atoms with E-state index in [2.05, 4.69) is 22.4 Å². The molecule has 1 aliphatic rings. The van der Waals surface area contributed by atoms with Gasteiger partial charge in [-0.25, -0.2) is 0 Å². The van der Waals surface area contributed by atoms with Gasteiger partial charge in [-0.05, 0) is 54.3 Å². The third kappa shape index (κ3) is 6.97. The largest absolute Gasteiger partial charge is 0.491 e. The zero-order chi connectivity index (χ0) is 29.0. The Morgan fingerprint density at radius 1 is 1.02 bits per heavy atom. The number of aryl methyl sites for hydroxylation is 3. The van der Waals surface area contributed by atoms with Gasteiger partial charge in [0.15, 0.2) is 5.69 Å². The number of hydrogen-bond donors (Lipinski definition) is 0. The van der Waals surface area contributed by atoms with Crippen LogP contribution in [-0.4, -0.2) is 52.1 Å². The van der Waals surface area contributed by atoms with E-state index in [-0.39, 0.29) is 18.9 Å². The normalized spacial score (nSPS) is 14.7. The van der Waals surface area contributed by atoms with Gasteiger partial charge in [0, 0.05) is 44.2 Å². The Labute approximate surface area is 235 Å². The number of aromatic nitrogens is 3. The molecule has 0 N–H and O–H groups in total. The van der Waals surface area contributed by atoms with Gasteiger partial charge in [0.2, 0.25) is 5.91 Å². The Morgan fingerprint density at radius 3 is 2.61 bits per heavy atom. The number of benzene rings is 2. The van der Waals surface area contributed by atoms with Gasteiger partial charge in [-0.3, -0.25) is 9.48 Å². The van der Waals surface area contributed by atoms with E-state index in [1.54, 1.807) is 4.90 Å². The van der Waals surface area contributed by atoms with Gasteiger partial charge in [-0.2, -0.15) is 18.3 Å². The van der Waals surface area contributed by atoms with Crippen LogP contribution in [0.5, 0.6) is 5.75 Å². The molecule has 4 aromatic rings. The number of rotatable bonds is 4. The molecule has 3 heterocycles. The van der Waals surface area contributed by atoms with Crippen LogP contribution in [0.4, 0.5) is 13.2 Å². The minimum Gasteiger partial charge on any atom is -0.491 e. The molecule has 0 unspecified atom stereocenters. The number of hydrogen-bond acceptors (Lipinski definition) is 6. The average molecular weight is 569 g/mol. The minimum absolute atomic E-state index is 0.0135. The molecule has 11 heteroatoms. The lowest BCUT2D eigenvalue weighted by molar-refractivity contribution is -0.141. The van der Waals surface area contributed by atoms with E-state index in [9.17, 15) is 18.0 Å². The predicted octanol–water partition coefficient (Wildman–Crippen LogP) is 5.59. The molecule has 216 valence electrons. The molecule has 0 radical (unpaired) electrons. The highest BCUT2D eigenvalue weighted by molar-refractivity contribution is 5.76. The topological polar surface area (TPSA) is 82.6 Å². The van der Waals surface area contributed by atoms with E-state index < -0.39 is 11.9 Å². The van der Waals surface area contributed by atoms with Gasteiger partial charge >= 0.3 is 6.18 Å². The van der Waals surface area contributed by atoms with Gasteiger partial charge in [-0.15, -0.1) is 0 Å². The van der Waals surface area contributed by atoms with Crippen molar-refractivity contribution < 1.29 is 32.0 Å². The molecule has 0 saturated carbocycles. The maximum atomic E-state index is 13.1. The molecule has 0 spiro atoms. The summed E-state index contributed by atoms with van der Waals surface area (Å²) in [5, 5.41) is 7.63. The van der Waals surface area contributed by atoms with E-state index in [1.165, 1.54) is 6.20 Å². The molecule has 2 bridgehead atoms. The van der Waals surface area contributed by atoms with E-state index in [0.717, 1.165) is 55.8 Å². The molecule has 2 aromatic heterocycles. The summed E-state index contributed by atoms with van der Waals surface area (Å²) in [6.45, 7) is 5.52. The smallest absolute Gasteiger partial charge is 0.435 e. The zero-order valence-corrected chi connectivity index (χ0v) is 22.9. The van der Waals surface area contributed by atoms with Crippen molar-refractivity contribution in [1.29, 1.82) is 0 Å². The number of carbonyl (C=O) groups excluding carboxylic acids is 1. The van der Waals surface area contributed by atoms with Gasteiger partial charge in [0.25, 0.3) is 0 Å². The first-order valence-corrected chi connectivity index (χ1v) is 13.4. The van der Waals surface area contributed by atoms with Crippen molar-refractivity contribution in [2.24, 2.45) is 0 Å². The van der Waals surface area contributed by atoms with E-state index in [0.29, 0.717) is 39.3 Å². The number of halogens is 3. The lowest BCUT2D eigenvalue weighted by atomic mass is 9.96. The maximum absolute atomic E-state index is 13.1. The molecule has 5 rings (SSSR count). The summed E-state index contributed by atoms with van der Waals surface area (Å²) in [4.78, 5) is 14.8. The first-order valence-electron chi connectivity index (χ1n) is 13.4. The number of nitrogens with zero attached hydrogens (tertiary/aromatic N) is 4. The number of amides is 1. The summed E-state index contributed by atoms with van der Waals surface area (Å²) >= 11 is 0. The zero-order valence-electron chi connectivity index (χ0n) is 22.9. The molecular formula is C30H31F3N4O4. The monoisotopic (exact) mass is 568 g/mol. The van der Waals surface area contributed by atoms with Crippen molar-refractivity contribution >= 4 is 5.91 Å². The van der Waals surface area contributed by atoms with Crippen LogP contribution in [-0.2, 0) is 35.2 Å². The van der Waals surface area contributed by atoms with Crippen LogP contribution in [0.3, 0.4) is 0 Å². The van der Waals surface area contributed by atoms with Crippen molar-refractivity contribution in [3.8, 4) is 16.9 Å². The van der Waals surface area contributed by atoms with Gasteiger partial charge < -0.3 is 18.9 Å². The standard InChI is InChI=1S/C30H31F3N4O4/c1-20-29(21(2)41-35-20)24-6-7-26-25(18-24)17-22-4-3-5-23(16-22)19-36(12-13-39-14-15-40-26)28(38)9-11-37-10-8-27(34-37)30(31,32)33/h3-8,10,16,18H,9,11-15,17,19H2,1-2H3. The predicted molar refractivity (Wildman–Crippen MR) is 144 cm³/mol. The number of alkyl halides is 3. The first kappa shape index (κ1) is 28.4. The summed E-state index contributed by atoms with van der Waals surface area (Å²) < 4.78 is 57.0. The van der Waals surface area contributed by atoms with Crippen LogP contribution >= 0.6 is 0 Å². The summed E-state index contributed by atoms with van der Waals surface area (Å²) in [5.74, 6) is 1.33. The second-order valence-corrected chi connectivity index (χ2v) is 10.0. The highest BCUT2D eigenvalue weighted by atomic mass is 19.4. The third-order valence-corrected chi connectivity index (χ3v) is 6.97. The summed E-state index contributed by atoms with van der Waals surface area (Å²) in [6, 6.07) is 15.0. The molecule has 0 fully saturated rings. The Balaban J connectivity index is 1.35. The SMILES string of the molecule is Cc1noc(C)c1-c1ccc2c(c1)Cc1cccc(c1)CN(C(=O)CCn1ccc(C(F)(F)F)n1)CCOCCO2. The van der Waals surface area contributed by atoms with Crippen LogP contribution in [0.15, 0.2) is 59.3 Å². The third-order valence-electron chi connectivity index (χ3n) is 6.97. The van der Waals surface area contributed by atoms with Gasteiger partial charge in [0.1, 0.15) is 18.1 Å². The fourth-order valence-corrected chi connectivity index (χ4v) is 4.97. The maximum Gasteiger partial charge on any atom is 0.435 e. The van der Waals surface area contributed by atoms with Crippen LogP contribution < -0.4 is 4.74 Å². The van der Waals surface area contributed by atoms with Crippen LogP contribution in [0.2, 0.25) is 0 Å². The lowest BCUT2D eigenvalue weighted by Crippen LogP contribution is -2.34. The van der Waals surface area contributed by atoms with Crippen LogP contribution in [0.1, 0.15) is 40.3 Å². The van der Waals surface area contributed by atoms with Crippen molar-refractivity contribution in [1.82, 2.24) is 19.8 Å². The Kier molecular flexibility index (Phi) is 8.44. The Bertz CT molecular complexity index is 1490. The first-order chi connectivity index (χ1) is 19.7. The van der Waals surface area contributed by atoms with Crippen molar-refractivity contribution in [3.63, 3.8) is 0 Å². The highest BCUT2D eigenvalue weighted by Crippen LogP contribution is 2.32. The fourth-order valence-electron chi connectivity index (χ4n) is 4.97. The fraction of sp³-hybridized carbons (Fsp3) is 0.367. The van der Waals surface area contributed by atoms with E-state index in [4.69, 9.17) is 14.0 Å². The van der Waals surface area contributed by atoms with Crippen molar-refractivity contribution in [3.05, 3.63) is 88.6 Å². The van der Waals surface area contributed by atoms with Gasteiger partial charge in [0.05, 0.1) is 18.9 Å². The highest BCUT2D eigenvalue weighted by Gasteiger charge is 2.33. The minimum atomic E-state index is -4.52. The molecule has 1 amide bonds. The number of ether oxygens (including phenoxy) is 2. The quantitative estimate of drug-likeness (QED) is 0.319. The molecular weight excluding hydrogens is 537 g/mol. The average Bonchev–Trinajstić information content (AvgIpc) is 3.55. The van der Waals surface area contributed by atoms with E-state index >= 15 is 0 Å². The van der Waals surface area contributed by atoms with Crippen LogP contribution in [0.25, 0.3) is 11.1 Å². The summed E-state index contributed by atoms with van der Waals surface area (Å²) in [7, 11) is 0. The molecule has 2 aromatic carbocycles. The molecule has 0 saturated heterocycles. The number of carbonyl (C=O) groups is 1. The molecule has 0 aliphatic carbocycles. The second kappa shape index (κ2) is 12.2. The lowest BCUT2D eigenvalue weighted by Gasteiger charge is -2.24. The Morgan fingerprint density at radius 2 is 1.85 bits per heavy atom. The number of fused-ring (bicyclic) bond motifs is 3. The molecule has 0 atom stereocenters. The van der Waals surface area contributed by atoms with Crippen LogP contribution in [0, 0.1) is 13.8 Å². The summed E-state index contributed by atoms with van der Waals surface area (Å²) in [6.07, 6.45) is -2.66. The second-order valence-electron chi connectivity index (χ2n) is 10.0. The molecule has 1 aliphatic heterocycles. The van der Waals surface area contributed by atoms with E-state index in [1.807, 2.05) is 44.2 Å². The summed E-state index contributed by atoms with van der Waals surface area (Å²) in [5.41, 5.74) is 4.79. The van der Waals surface area contributed by atoms with Crippen molar-refractivity contribution in [2.75, 3.05) is 26.4 Å². The molecule has 8 nitrogen and oxygen atoms in total. The van der Waals surface area contributed by atoms with Gasteiger partial charge in [-0.1, -0.05) is 35.5 Å². The molecule has 41 heavy (non-hydrogen) atoms. The Hall–Kier alpha value is -4.12. The van der Waals surface area contributed by atoms with Crippen molar-refractivity contribution in [2.45, 2.75) is 46.0 Å².